The van der Waals surface area contributed by atoms with Gasteiger partial charge in [-0.15, -0.1) is 11.3 Å². The smallest absolute Gasteiger partial charge is 0.370 e. The minimum absolute atomic E-state index is 0.133. The minimum atomic E-state index is -0.272. The average Bonchev–Trinajstić information content (AvgIpc) is 3.19. The first-order valence-electron chi connectivity index (χ1n) is 7.64. The molecule has 8 nitrogen and oxygen atoms in total. The van der Waals surface area contributed by atoms with Crippen LogP contribution in [0.3, 0.4) is 0 Å². The summed E-state index contributed by atoms with van der Waals surface area (Å²) in [5.74, 6) is -0.293. The van der Waals surface area contributed by atoms with Gasteiger partial charge in [-0.2, -0.15) is 9.36 Å². The maximum atomic E-state index is 12.3. The van der Waals surface area contributed by atoms with Crippen molar-refractivity contribution in [2.24, 2.45) is 5.92 Å². The number of piperidine rings is 1. The number of esters is 1. The predicted octanol–water partition coefficient (Wildman–Crippen LogP) is 0.723. The van der Waals surface area contributed by atoms with Crippen LogP contribution in [0, 0.1) is 5.92 Å². The molecule has 0 radical (unpaired) electrons. The second-order valence-corrected chi connectivity index (χ2v) is 6.36. The number of ether oxygens (including phenoxy) is 1. The summed E-state index contributed by atoms with van der Waals surface area (Å²) in [7, 11) is 0. The zero-order valence-electron chi connectivity index (χ0n) is 12.9. The van der Waals surface area contributed by atoms with Crippen molar-refractivity contribution < 1.29 is 9.53 Å². The van der Waals surface area contributed by atoms with Crippen molar-refractivity contribution in [3.63, 3.8) is 0 Å². The van der Waals surface area contributed by atoms with Gasteiger partial charge < -0.3 is 4.74 Å². The van der Waals surface area contributed by atoms with Gasteiger partial charge in [0.05, 0.1) is 12.5 Å². The van der Waals surface area contributed by atoms with Gasteiger partial charge in [-0.25, -0.2) is 4.79 Å². The first-order valence-corrected chi connectivity index (χ1v) is 8.52. The number of hydrogen-bond donors (Lipinski definition) is 0. The number of aromatic nitrogens is 4. The fourth-order valence-electron chi connectivity index (χ4n) is 2.72. The molecule has 0 spiro atoms. The van der Waals surface area contributed by atoms with Crippen LogP contribution < -0.4 is 5.69 Å². The van der Waals surface area contributed by atoms with Crippen molar-refractivity contribution in [3.05, 3.63) is 28.0 Å². The summed E-state index contributed by atoms with van der Waals surface area (Å²) in [6.07, 6.45) is 1.73. The van der Waals surface area contributed by atoms with Crippen LogP contribution in [-0.2, 0) is 16.2 Å². The molecule has 0 aliphatic carbocycles. The number of tetrazole rings is 1. The van der Waals surface area contributed by atoms with Gasteiger partial charge in [0.25, 0.3) is 0 Å². The molecule has 1 aliphatic heterocycles. The summed E-state index contributed by atoms with van der Waals surface area (Å²) in [6.45, 7) is 3.94. The molecule has 1 fully saturated rings. The molecule has 0 saturated carbocycles. The minimum Gasteiger partial charge on any atom is -0.466 e. The van der Waals surface area contributed by atoms with E-state index in [0.29, 0.717) is 19.8 Å². The number of hydrogen-bond acceptors (Lipinski definition) is 7. The maximum absolute atomic E-state index is 12.3. The van der Waals surface area contributed by atoms with Gasteiger partial charge in [-0.3, -0.25) is 9.69 Å². The van der Waals surface area contributed by atoms with Gasteiger partial charge in [-0.1, -0.05) is 0 Å². The van der Waals surface area contributed by atoms with Gasteiger partial charge >= 0.3 is 11.7 Å². The van der Waals surface area contributed by atoms with Crippen LogP contribution in [-0.4, -0.2) is 50.4 Å². The molecule has 1 aliphatic rings. The van der Waals surface area contributed by atoms with E-state index in [-0.39, 0.29) is 17.6 Å². The highest BCUT2D eigenvalue weighted by atomic mass is 32.1. The SMILES string of the molecule is CCOC(=O)[C@@H]1CCCN(Cn2nnn(-c3cccs3)c2=O)C1. The van der Waals surface area contributed by atoms with Crippen molar-refractivity contribution in [3.8, 4) is 5.00 Å². The molecule has 0 bridgehead atoms. The summed E-state index contributed by atoms with van der Waals surface area (Å²) < 4.78 is 7.71. The van der Waals surface area contributed by atoms with E-state index in [0.717, 1.165) is 24.4 Å². The standard InChI is InChI=1S/C14H19N5O3S/c1-2-22-13(20)11-5-3-7-17(9-11)10-18-14(21)19(16-15-18)12-6-4-8-23-12/h4,6,8,11H,2-3,5,7,9-10H2,1H3/t11-/m1/s1. The molecule has 124 valence electrons. The molecule has 2 aromatic heterocycles. The molecule has 2 aromatic rings. The van der Waals surface area contributed by atoms with E-state index in [9.17, 15) is 9.59 Å². The van der Waals surface area contributed by atoms with Crippen LogP contribution in [0.25, 0.3) is 5.00 Å². The number of nitrogens with zero attached hydrogens (tertiary/aromatic N) is 5. The van der Waals surface area contributed by atoms with Crippen LogP contribution in [0.5, 0.6) is 0 Å². The highest BCUT2D eigenvalue weighted by molar-refractivity contribution is 7.12. The fraction of sp³-hybridized carbons (Fsp3) is 0.571. The van der Waals surface area contributed by atoms with Crippen molar-refractivity contribution in [2.45, 2.75) is 26.4 Å². The Kier molecular flexibility index (Phi) is 4.87. The van der Waals surface area contributed by atoms with Gasteiger partial charge in [0.1, 0.15) is 11.7 Å². The number of rotatable bonds is 5. The number of likely N-dealkylation sites (tertiary alicyclic amines) is 1. The number of carbonyl (C=O) groups excluding carboxylic acids is 1. The predicted molar refractivity (Wildman–Crippen MR) is 84.4 cm³/mol. The molecular weight excluding hydrogens is 318 g/mol. The molecule has 0 aromatic carbocycles. The maximum Gasteiger partial charge on any atom is 0.370 e. The lowest BCUT2D eigenvalue weighted by Crippen LogP contribution is -2.42. The van der Waals surface area contributed by atoms with Crippen LogP contribution in [0.2, 0.25) is 0 Å². The van der Waals surface area contributed by atoms with Gasteiger partial charge in [0.15, 0.2) is 0 Å². The Balaban J connectivity index is 1.68. The van der Waals surface area contributed by atoms with Crippen LogP contribution in [0.1, 0.15) is 19.8 Å². The molecule has 23 heavy (non-hydrogen) atoms. The third-order valence-electron chi connectivity index (χ3n) is 3.81. The molecule has 0 N–H and O–H groups in total. The fourth-order valence-corrected chi connectivity index (χ4v) is 3.39. The third kappa shape index (κ3) is 3.50. The molecule has 0 unspecified atom stereocenters. The van der Waals surface area contributed by atoms with Crippen molar-refractivity contribution in [1.29, 1.82) is 0 Å². The van der Waals surface area contributed by atoms with Gasteiger partial charge in [-0.05, 0) is 54.2 Å². The normalized spacial score (nSPS) is 18.9. The summed E-state index contributed by atoms with van der Waals surface area (Å²) in [6, 6.07) is 3.68. The highest BCUT2D eigenvalue weighted by Crippen LogP contribution is 2.18. The Hall–Kier alpha value is -2.00. The summed E-state index contributed by atoms with van der Waals surface area (Å²) in [4.78, 5) is 26.3. The molecular formula is C14H19N5O3S. The molecule has 3 heterocycles. The zero-order chi connectivity index (χ0) is 16.2. The topological polar surface area (TPSA) is 82.2 Å². The van der Waals surface area contributed by atoms with Gasteiger partial charge in [0, 0.05) is 6.54 Å². The third-order valence-corrected chi connectivity index (χ3v) is 4.66. The Bertz CT molecular complexity index is 708. The average molecular weight is 337 g/mol. The van der Waals surface area contributed by atoms with E-state index in [1.165, 1.54) is 20.7 Å². The lowest BCUT2D eigenvalue weighted by molar-refractivity contribution is -0.150. The number of carbonyl (C=O) groups is 1. The quantitative estimate of drug-likeness (QED) is 0.748. The second-order valence-electron chi connectivity index (χ2n) is 5.43. The van der Waals surface area contributed by atoms with E-state index in [1.54, 1.807) is 6.92 Å². The van der Waals surface area contributed by atoms with E-state index in [1.807, 2.05) is 22.4 Å². The van der Waals surface area contributed by atoms with E-state index in [4.69, 9.17) is 4.74 Å². The van der Waals surface area contributed by atoms with E-state index >= 15 is 0 Å². The molecule has 0 amide bonds. The summed E-state index contributed by atoms with van der Waals surface area (Å²) in [5.41, 5.74) is -0.272. The lowest BCUT2D eigenvalue weighted by Gasteiger charge is -2.30. The zero-order valence-corrected chi connectivity index (χ0v) is 13.7. The first-order chi connectivity index (χ1) is 11.2. The number of thiophene rings is 1. The second kappa shape index (κ2) is 7.05. The Labute approximate surface area is 137 Å². The Morgan fingerprint density at radius 3 is 3.09 bits per heavy atom. The van der Waals surface area contributed by atoms with E-state index < -0.39 is 0 Å². The lowest BCUT2D eigenvalue weighted by atomic mass is 9.99. The van der Waals surface area contributed by atoms with Crippen molar-refractivity contribution in [2.75, 3.05) is 19.7 Å². The molecule has 1 atom stereocenters. The van der Waals surface area contributed by atoms with Gasteiger partial charge in [0.2, 0.25) is 0 Å². The molecule has 1 saturated heterocycles. The van der Waals surface area contributed by atoms with Crippen molar-refractivity contribution >= 4 is 17.3 Å². The Morgan fingerprint density at radius 1 is 1.48 bits per heavy atom. The summed E-state index contributed by atoms with van der Waals surface area (Å²) in [5, 5.41) is 10.5. The highest BCUT2D eigenvalue weighted by Gasteiger charge is 2.27. The molecule has 3 rings (SSSR count). The van der Waals surface area contributed by atoms with Crippen LogP contribution in [0.15, 0.2) is 22.3 Å². The Morgan fingerprint density at radius 2 is 2.35 bits per heavy atom. The summed E-state index contributed by atoms with van der Waals surface area (Å²) >= 11 is 1.43. The molecule has 9 heteroatoms. The first kappa shape index (κ1) is 15.9. The van der Waals surface area contributed by atoms with E-state index in [2.05, 4.69) is 10.4 Å². The van der Waals surface area contributed by atoms with Crippen molar-refractivity contribution in [1.82, 2.24) is 24.7 Å². The van der Waals surface area contributed by atoms with Crippen LogP contribution in [0.4, 0.5) is 0 Å². The monoisotopic (exact) mass is 337 g/mol. The largest absolute Gasteiger partial charge is 0.466 e. The van der Waals surface area contributed by atoms with Crippen LogP contribution >= 0.6 is 11.3 Å².